The second-order valence-corrected chi connectivity index (χ2v) is 3.82. The van der Waals surface area contributed by atoms with Crippen molar-refractivity contribution in [2.75, 3.05) is 0 Å². The summed E-state index contributed by atoms with van der Waals surface area (Å²) >= 11 is 0. The molecule has 5 nitrogen and oxygen atoms in total. The highest BCUT2D eigenvalue weighted by molar-refractivity contribution is 5.88. The number of carbonyl (C=O) groups is 1. The molecule has 0 unspecified atom stereocenters. The highest BCUT2D eigenvalue weighted by Crippen LogP contribution is 2.23. The zero-order valence-corrected chi connectivity index (χ0v) is 9.84. The smallest absolute Gasteiger partial charge is 0.339 e. The minimum Gasteiger partial charge on any atom is -0.478 e. The first kappa shape index (κ1) is 13.0. The highest BCUT2D eigenvalue weighted by atomic mass is 19.3. The molecule has 0 atom stereocenters. The third-order valence-corrected chi connectivity index (χ3v) is 2.40. The minimum atomic E-state index is -2.99. The molecule has 0 saturated heterocycles. The van der Waals surface area contributed by atoms with Crippen LogP contribution in [0.15, 0.2) is 24.5 Å². The quantitative estimate of drug-likeness (QED) is 0.922. The van der Waals surface area contributed by atoms with E-state index in [9.17, 15) is 13.6 Å². The molecular weight excluding hydrogens is 256 g/mol. The van der Waals surface area contributed by atoms with Crippen LogP contribution in [0.2, 0.25) is 0 Å². The number of nitrogens with zero attached hydrogens (tertiary/aromatic N) is 3. The number of carboxylic acids is 1. The fourth-order valence-electron chi connectivity index (χ4n) is 1.51. The summed E-state index contributed by atoms with van der Waals surface area (Å²) < 4.78 is 25.6. The van der Waals surface area contributed by atoms with Gasteiger partial charge in [0.15, 0.2) is 5.82 Å². The average Bonchev–Trinajstić information content (AvgIpc) is 2.37. The van der Waals surface area contributed by atoms with Crippen molar-refractivity contribution < 1.29 is 18.7 Å². The fourth-order valence-corrected chi connectivity index (χ4v) is 1.51. The van der Waals surface area contributed by atoms with Crippen molar-refractivity contribution in [3.63, 3.8) is 0 Å². The minimum absolute atomic E-state index is 0.0241. The van der Waals surface area contributed by atoms with E-state index in [1.54, 1.807) is 12.1 Å². The first-order valence-corrected chi connectivity index (χ1v) is 5.30. The van der Waals surface area contributed by atoms with Crippen LogP contribution < -0.4 is 0 Å². The van der Waals surface area contributed by atoms with Crippen LogP contribution in [0.4, 0.5) is 8.78 Å². The predicted octanol–water partition coefficient (Wildman–Crippen LogP) is 2.48. The summed E-state index contributed by atoms with van der Waals surface area (Å²) in [5.41, 5.74) is -0.222. The molecule has 0 aliphatic carbocycles. The standard InChI is InChI=1S/C12H9F2N3O2/c1-6-2-3-15-8(4-6)11-16-5-7(12(18)19)9(17-11)10(13)14/h2-5,10H,1H3,(H,18,19). The number of aryl methyl sites for hydroxylation is 1. The monoisotopic (exact) mass is 265 g/mol. The fraction of sp³-hybridized carbons (Fsp3) is 0.167. The first-order chi connectivity index (χ1) is 8.99. The Bertz CT molecular complexity index is 632. The molecule has 98 valence electrons. The summed E-state index contributed by atoms with van der Waals surface area (Å²) in [6.45, 7) is 1.81. The molecule has 0 aliphatic heterocycles. The van der Waals surface area contributed by atoms with Gasteiger partial charge in [-0.1, -0.05) is 0 Å². The molecule has 1 N–H and O–H groups in total. The Kier molecular flexibility index (Phi) is 3.46. The lowest BCUT2D eigenvalue weighted by Crippen LogP contribution is -2.08. The van der Waals surface area contributed by atoms with Gasteiger partial charge in [0, 0.05) is 12.4 Å². The van der Waals surface area contributed by atoms with Crippen molar-refractivity contribution in [2.24, 2.45) is 0 Å². The van der Waals surface area contributed by atoms with Gasteiger partial charge in [0.1, 0.15) is 17.0 Å². The highest BCUT2D eigenvalue weighted by Gasteiger charge is 2.21. The van der Waals surface area contributed by atoms with E-state index < -0.39 is 23.7 Å². The van der Waals surface area contributed by atoms with E-state index in [0.717, 1.165) is 11.8 Å². The molecule has 0 aliphatic rings. The van der Waals surface area contributed by atoms with Gasteiger partial charge in [0.25, 0.3) is 6.43 Å². The Labute approximate surface area is 107 Å². The number of halogens is 2. The predicted molar refractivity (Wildman–Crippen MR) is 61.9 cm³/mol. The first-order valence-electron chi connectivity index (χ1n) is 5.30. The SMILES string of the molecule is Cc1ccnc(-c2ncc(C(=O)O)c(C(F)F)n2)c1. The van der Waals surface area contributed by atoms with Gasteiger partial charge in [-0.15, -0.1) is 0 Å². The molecule has 2 aromatic heterocycles. The van der Waals surface area contributed by atoms with Crippen molar-refractivity contribution in [2.45, 2.75) is 13.3 Å². The van der Waals surface area contributed by atoms with Crippen LogP contribution in [0.25, 0.3) is 11.5 Å². The molecule has 2 heterocycles. The summed E-state index contributed by atoms with van der Waals surface area (Å²) in [7, 11) is 0. The zero-order valence-electron chi connectivity index (χ0n) is 9.84. The lowest BCUT2D eigenvalue weighted by molar-refractivity contribution is 0.0681. The Morgan fingerprint density at radius 3 is 2.68 bits per heavy atom. The number of rotatable bonds is 3. The number of hydrogen-bond donors (Lipinski definition) is 1. The summed E-state index contributed by atoms with van der Waals surface area (Å²) in [5.74, 6) is -1.51. The molecule has 19 heavy (non-hydrogen) atoms. The third-order valence-electron chi connectivity index (χ3n) is 2.40. The van der Waals surface area contributed by atoms with E-state index in [-0.39, 0.29) is 5.82 Å². The molecule has 0 bridgehead atoms. The number of alkyl halides is 2. The lowest BCUT2D eigenvalue weighted by Gasteiger charge is -2.06. The molecule has 0 amide bonds. The number of aromatic carboxylic acids is 1. The second-order valence-electron chi connectivity index (χ2n) is 3.82. The molecule has 0 spiro atoms. The van der Waals surface area contributed by atoms with Crippen LogP contribution in [0.1, 0.15) is 28.0 Å². The zero-order chi connectivity index (χ0) is 14.0. The third kappa shape index (κ3) is 2.70. The molecule has 0 radical (unpaired) electrons. The van der Waals surface area contributed by atoms with E-state index >= 15 is 0 Å². The Morgan fingerprint density at radius 2 is 2.11 bits per heavy atom. The molecule has 2 aromatic rings. The van der Waals surface area contributed by atoms with Gasteiger partial charge in [0.05, 0.1) is 0 Å². The van der Waals surface area contributed by atoms with Crippen LogP contribution in [-0.2, 0) is 0 Å². The number of hydrogen-bond acceptors (Lipinski definition) is 4. The summed E-state index contributed by atoms with van der Waals surface area (Å²) in [4.78, 5) is 22.1. The van der Waals surface area contributed by atoms with Gasteiger partial charge in [-0.05, 0) is 24.6 Å². The van der Waals surface area contributed by atoms with E-state index in [0.29, 0.717) is 5.69 Å². The van der Waals surface area contributed by atoms with Gasteiger partial charge in [-0.25, -0.2) is 23.5 Å². The summed E-state index contributed by atoms with van der Waals surface area (Å²) in [6, 6.07) is 3.37. The van der Waals surface area contributed by atoms with E-state index in [1.807, 2.05) is 6.92 Å². The molecular formula is C12H9F2N3O2. The maximum Gasteiger partial charge on any atom is 0.339 e. The van der Waals surface area contributed by atoms with Gasteiger partial charge in [0.2, 0.25) is 0 Å². The normalized spacial score (nSPS) is 10.7. The number of pyridine rings is 1. The van der Waals surface area contributed by atoms with Crippen molar-refractivity contribution in [1.29, 1.82) is 0 Å². The molecule has 0 fully saturated rings. The molecule has 2 rings (SSSR count). The maximum atomic E-state index is 12.8. The molecule has 7 heteroatoms. The Hall–Kier alpha value is -2.44. The van der Waals surface area contributed by atoms with E-state index in [1.165, 1.54) is 6.20 Å². The molecule has 0 aromatic carbocycles. The topological polar surface area (TPSA) is 76.0 Å². The van der Waals surface area contributed by atoms with Crippen LogP contribution in [0.5, 0.6) is 0 Å². The number of aromatic nitrogens is 3. The summed E-state index contributed by atoms with van der Waals surface area (Å²) in [6.07, 6.45) is -0.616. The number of carboxylic acid groups (broad SMARTS) is 1. The van der Waals surface area contributed by atoms with Crippen LogP contribution in [-0.4, -0.2) is 26.0 Å². The van der Waals surface area contributed by atoms with Crippen molar-refractivity contribution in [3.05, 3.63) is 41.3 Å². The van der Waals surface area contributed by atoms with E-state index in [4.69, 9.17) is 5.11 Å². The average molecular weight is 265 g/mol. The lowest BCUT2D eigenvalue weighted by atomic mass is 10.2. The van der Waals surface area contributed by atoms with Crippen molar-refractivity contribution in [1.82, 2.24) is 15.0 Å². The van der Waals surface area contributed by atoms with Crippen LogP contribution in [0.3, 0.4) is 0 Å². The van der Waals surface area contributed by atoms with Gasteiger partial charge in [-0.2, -0.15) is 0 Å². The van der Waals surface area contributed by atoms with Crippen LogP contribution in [0, 0.1) is 6.92 Å². The largest absolute Gasteiger partial charge is 0.478 e. The van der Waals surface area contributed by atoms with Crippen molar-refractivity contribution in [3.8, 4) is 11.5 Å². The Morgan fingerprint density at radius 1 is 1.37 bits per heavy atom. The van der Waals surface area contributed by atoms with Crippen molar-refractivity contribution >= 4 is 5.97 Å². The molecule has 0 saturated carbocycles. The van der Waals surface area contributed by atoms with Gasteiger partial charge >= 0.3 is 5.97 Å². The second kappa shape index (κ2) is 5.05. The Balaban J connectivity index is 2.55. The van der Waals surface area contributed by atoms with Crippen LogP contribution >= 0.6 is 0 Å². The van der Waals surface area contributed by atoms with Gasteiger partial charge in [-0.3, -0.25) is 4.98 Å². The van der Waals surface area contributed by atoms with E-state index in [2.05, 4.69) is 15.0 Å². The summed E-state index contributed by atoms with van der Waals surface area (Å²) in [5, 5.41) is 8.79. The van der Waals surface area contributed by atoms with Gasteiger partial charge < -0.3 is 5.11 Å². The maximum absolute atomic E-state index is 12.8.